The van der Waals surface area contributed by atoms with Crippen molar-refractivity contribution in [2.24, 2.45) is 5.92 Å². The van der Waals surface area contributed by atoms with Crippen LogP contribution in [0.15, 0.2) is 0 Å². The lowest BCUT2D eigenvalue weighted by Crippen LogP contribution is -2.46. The summed E-state index contributed by atoms with van der Waals surface area (Å²) in [5.74, 6) is 0.323. The highest BCUT2D eigenvalue weighted by Gasteiger charge is 2.42. The van der Waals surface area contributed by atoms with Gasteiger partial charge in [-0.1, -0.05) is 19.8 Å². The summed E-state index contributed by atoms with van der Waals surface area (Å²) in [5.41, 5.74) is -0.0190. The summed E-state index contributed by atoms with van der Waals surface area (Å²) in [6.45, 7) is 3.40. The first-order chi connectivity index (χ1) is 9.44. The molecule has 2 unspecified atom stereocenters. The second kappa shape index (κ2) is 6.65. The molecule has 118 valence electrons. The van der Waals surface area contributed by atoms with Crippen LogP contribution < -0.4 is 5.32 Å². The monoisotopic (exact) mass is 293 g/mol. The third-order valence-electron chi connectivity index (χ3n) is 4.82. The molecule has 0 aromatic heterocycles. The van der Waals surface area contributed by atoms with Gasteiger partial charge in [0, 0.05) is 19.1 Å². The molecule has 0 bridgehead atoms. The molecule has 0 aromatic rings. The third kappa shape index (κ3) is 4.35. The molecular formula is C15H26F3NO. The summed E-state index contributed by atoms with van der Waals surface area (Å²) in [6.07, 6.45) is 1.84. The molecule has 1 heterocycles. The molecule has 2 atom stereocenters. The fraction of sp³-hybridized carbons (Fsp3) is 1.00. The quantitative estimate of drug-likeness (QED) is 0.826. The zero-order valence-electron chi connectivity index (χ0n) is 12.3. The number of alkyl halides is 3. The lowest BCUT2D eigenvalue weighted by molar-refractivity contribution is -0.139. The van der Waals surface area contributed by atoms with E-state index in [2.05, 4.69) is 5.32 Å². The zero-order valence-corrected chi connectivity index (χ0v) is 12.3. The van der Waals surface area contributed by atoms with Crippen LogP contribution in [-0.4, -0.2) is 31.0 Å². The first-order valence-electron chi connectivity index (χ1n) is 7.88. The Morgan fingerprint density at radius 1 is 1.30 bits per heavy atom. The van der Waals surface area contributed by atoms with Crippen LogP contribution in [0.3, 0.4) is 0 Å². The molecule has 20 heavy (non-hydrogen) atoms. The number of ether oxygens (including phenoxy) is 1. The lowest BCUT2D eigenvalue weighted by Gasteiger charge is -2.41. The van der Waals surface area contributed by atoms with Crippen LogP contribution in [0.4, 0.5) is 13.2 Å². The minimum absolute atomic E-state index is 0.0190. The van der Waals surface area contributed by atoms with E-state index >= 15 is 0 Å². The van der Waals surface area contributed by atoms with E-state index in [1.165, 1.54) is 12.8 Å². The smallest absolute Gasteiger partial charge is 0.375 e. The maximum Gasteiger partial charge on any atom is 0.389 e. The summed E-state index contributed by atoms with van der Waals surface area (Å²) in [4.78, 5) is 0. The van der Waals surface area contributed by atoms with Gasteiger partial charge in [0.15, 0.2) is 0 Å². The Morgan fingerprint density at radius 3 is 2.60 bits per heavy atom. The highest BCUT2D eigenvalue weighted by molar-refractivity contribution is 4.94. The minimum atomic E-state index is -4.05. The fourth-order valence-corrected chi connectivity index (χ4v) is 3.86. The average molecular weight is 293 g/mol. The van der Waals surface area contributed by atoms with Gasteiger partial charge in [-0.3, -0.25) is 0 Å². The van der Waals surface area contributed by atoms with Crippen LogP contribution in [0.5, 0.6) is 0 Å². The molecule has 2 fully saturated rings. The highest BCUT2D eigenvalue weighted by atomic mass is 19.4. The average Bonchev–Trinajstić information content (AvgIpc) is 2.81. The van der Waals surface area contributed by atoms with E-state index in [1.54, 1.807) is 0 Å². The molecule has 2 nitrogen and oxygen atoms in total. The molecule has 5 heteroatoms. The maximum atomic E-state index is 12.5. The Morgan fingerprint density at radius 2 is 2.00 bits per heavy atom. The number of hydrogen-bond donors (Lipinski definition) is 1. The van der Waals surface area contributed by atoms with Crippen molar-refractivity contribution < 1.29 is 17.9 Å². The number of hydrogen-bond acceptors (Lipinski definition) is 2. The van der Waals surface area contributed by atoms with Crippen molar-refractivity contribution in [3.63, 3.8) is 0 Å². The fourth-order valence-electron chi connectivity index (χ4n) is 3.86. The van der Waals surface area contributed by atoms with Gasteiger partial charge < -0.3 is 10.1 Å². The molecule has 1 aliphatic heterocycles. The van der Waals surface area contributed by atoms with Gasteiger partial charge in [0.2, 0.25) is 0 Å². The SMILES string of the molecule is CCNC(CCC(F)(F)F)C1CCOC2(CCCC2)C1. The van der Waals surface area contributed by atoms with Crippen LogP contribution in [0.1, 0.15) is 58.3 Å². The molecule has 1 saturated heterocycles. The van der Waals surface area contributed by atoms with Gasteiger partial charge in [-0.2, -0.15) is 13.2 Å². The number of halogens is 3. The Kier molecular flexibility index (Phi) is 5.35. The highest BCUT2D eigenvalue weighted by Crippen LogP contribution is 2.43. The zero-order chi connectivity index (χ0) is 14.6. The first-order valence-corrected chi connectivity index (χ1v) is 7.88. The van der Waals surface area contributed by atoms with E-state index in [9.17, 15) is 13.2 Å². The Hall–Kier alpha value is -0.290. The summed E-state index contributed by atoms with van der Waals surface area (Å²) in [5, 5.41) is 3.28. The molecular weight excluding hydrogens is 267 g/mol. The van der Waals surface area contributed by atoms with E-state index in [4.69, 9.17) is 4.74 Å². The van der Waals surface area contributed by atoms with Gasteiger partial charge in [-0.05, 0) is 44.6 Å². The maximum absolute atomic E-state index is 12.5. The predicted molar refractivity (Wildman–Crippen MR) is 72.6 cm³/mol. The number of nitrogens with one attached hydrogen (secondary N) is 1. The molecule has 1 saturated carbocycles. The van der Waals surface area contributed by atoms with Crippen LogP contribution in [-0.2, 0) is 4.74 Å². The Bertz CT molecular complexity index is 300. The first kappa shape index (κ1) is 16.1. The van der Waals surface area contributed by atoms with E-state index in [0.717, 1.165) is 32.2 Å². The molecule has 1 aliphatic carbocycles. The van der Waals surface area contributed by atoms with Crippen molar-refractivity contribution in [2.45, 2.75) is 76.1 Å². The third-order valence-corrected chi connectivity index (χ3v) is 4.82. The predicted octanol–water partition coefficient (Wildman–Crippen LogP) is 4.05. The van der Waals surface area contributed by atoms with Crippen LogP contribution >= 0.6 is 0 Å². The van der Waals surface area contributed by atoms with Crippen molar-refractivity contribution in [1.29, 1.82) is 0 Å². The normalized spacial score (nSPS) is 27.9. The van der Waals surface area contributed by atoms with Gasteiger partial charge in [0.25, 0.3) is 0 Å². The van der Waals surface area contributed by atoms with Crippen molar-refractivity contribution in [3.8, 4) is 0 Å². The number of rotatable bonds is 5. The van der Waals surface area contributed by atoms with Gasteiger partial charge in [0.05, 0.1) is 5.60 Å². The lowest BCUT2D eigenvalue weighted by atomic mass is 9.79. The van der Waals surface area contributed by atoms with Crippen molar-refractivity contribution in [3.05, 3.63) is 0 Å². The molecule has 0 amide bonds. The molecule has 0 aromatic carbocycles. The standard InChI is InChI=1S/C15H26F3NO/c1-2-19-13(5-9-15(16,17)18)12-6-10-20-14(11-12)7-3-4-8-14/h12-13,19H,2-11H2,1H3. The van der Waals surface area contributed by atoms with Gasteiger partial charge in [-0.25, -0.2) is 0 Å². The van der Waals surface area contributed by atoms with E-state index in [0.29, 0.717) is 12.5 Å². The minimum Gasteiger partial charge on any atom is -0.375 e. The van der Waals surface area contributed by atoms with E-state index < -0.39 is 12.6 Å². The van der Waals surface area contributed by atoms with Gasteiger partial charge >= 0.3 is 6.18 Å². The Labute approximate surface area is 119 Å². The molecule has 1 spiro atoms. The molecule has 0 radical (unpaired) electrons. The van der Waals surface area contributed by atoms with Crippen molar-refractivity contribution in [1.82, 2.24) is 5.32 Å². The van der Waals surface area contributed by atoms with Crippen molar-refractivity contribution in [2.75, 3.05) is 13.2 Å². The van der Waals surface area contributed by atoms with Gasteiger partial charge in [-0.15, -0.1) is 0 Å². The summed E-state index contributed by atoms with van der Waals surface area (Å²) < 4.78 is 43.4. The van der Waals surface area contributed by atoms with Crippen LogP contribution in [0.25, 0.3) is 0 Å². The van der Waals surface area contributed by atoms with E-state index in [1.807, 2.05) is 6.92 Å². The Balaban J connectivity index is 1.93. The van der Waals surface area contributed by atoms with Crippen molar-refractivity contribution >= 4 is 0 Å². The topological polar surface area (TPSA) is 21.3 Å². The molecule has 2 rings (SSSR count). The molecule has 2 aliphatic rings. The summed E-state index contributed by atoms with van der Waals surface area (Å²) in [7, 11) is 0. The van der Waals surface area contributed by atoms with Crippen LogP contribution in [0.2, 0.25) is 0 Å². The van der Waals surface area contributed by atoms with Crippen LogP contribution in [0, 0.1) is 5.92 Å². The van der Waals surface area contributed by atoms with Gasteiger partial charge in [0.1, 0.15) is 0 Å². The largest absolute Gasteiger partial charge is 0.389 e. The summed E-state index contributed by atoms with van der Waals surface area (Å²) >= 11 is 0. The van der Waals surface area contributed by atoms with E-state index in [-0.39, 0.29) is 18.1 Å². The summed E-state index contributed by atoms with van der Waals surface area (Å²) in [6, 6.07) is -0.0250. The molecule has 1 N–H and O–H groups in total. The second-order valence-electron chi connectivity index (χ2n) is 6.31. The second-order valence-corrected chi connectivity index (χ2v) is 6.31.